The zero-order chi connectivity index (χ0) is 40.7. The van der Waals surface area contributed by atoms with Crippen molar-refractivity contribution in [3.05, 3.63) is 203 Å². The van der Waals surface area contributed by atoms with E-state index in [0.717, 1.165) is 30.6 Å². The van der Waals surface area contributed by atoms with E-state index in [9.17, 15) is 0 Å². The van der Waals surface area contributed by atoms with Crippen LogP contribution in [0.15, 0.2) is 186 Å². The Labute approximate surface area is 366 Å². The van der Waals surface area contributed by atoms with Crippen LogP contribution in [0.5, 0.6) is 0 Å². The van der Waals surface area contributed by atoms with Crippen molar-refractivity contribution in [2.75, 3.05) is 0 Å². The summed E-state index contributed by atoms with van der Waals surface area (Å²) in [4.78, 5) is 0. The number of hydrogen-bond donors (Lipinski definition) is 0. The van der Waals surface area contributed by atoms with E-state index < -0.39 is 0 Å². The maximum atomic E-state index is 2.41. The fourth-order valence-electron chi connectivity index (χ4n) is 12.5. The second-order valence-corrected chi connectivity index (χ2v) is 19.6. The first-order valence-electron chi connectivity index (χ1n) is 23.8. The van der Waals surface area contributed by atoms with Crippen molar-refractivity contribution in [3.63, 3.8) is 0 Å². The second-order valence-electron chi connectivity index (χ2n) is 19.6. The molecule has 9 aromatic carbocycles. The highest BCUT2D eigenvalue weighted by Crippen LogP contribution is 2.58. The van der Waals surface area contributed by atoms with Gasteiger partial charge in [-0.05, 0) is 200 Å². The number of rotatable bonds is 12. The van der Waals surface area contributed by atoms with Gasteiger partial charge in [0.1, 0.15) is 0 Å². The third-order valence-corrected chi connectivity index (χ3v) is 15.9. The summed E-state index contributed by atoms with van der Waals surface area (Å²) in [6.45, 7) is 0. The summed E-state index contributed by atoms with van der Waals surface area (Å²) >= 11 is 0. The van der Waals surface area contributed by atoms with E-state index in [1.165, 1.54) is 122 Å². The van der Waals surface area contributed by atoms with Crippen molar-refractivity contribution in [2.24, 2.45) is 29.6 Å². The highest BCUT2D eigenvalue weighted by molar-refractivity contribution is 6.04. The molecule has 4 aliphatic carbocycles. The largest absolute Gasteiger partial charge is 0.0701 e. The van der Waals surface area contributed by atoms with Crippen LogP contribution in [0.1, 0.15) is 68.1 Å². The molecular weight excluding hydrogens is 745 g/mol. The fraction of sp³-hybridized carbons (Fsp3) is 0.258. The molecule has 0 nitrogen and oxygen atoms in total. The summed E-state index contributed by atoms with van der Waals surface area (Å²) in [5, 5.41) is 16.9. The molecule has 0 heterocycles. The number of fused-ring (bicyclic) bond motifs is 6. The van der Waals surface area contributed by atoms with Gasteiger partial charge in [0.05, 0.1) is 0 Å². The zero-order valence-electron chi connectivity index (χ0n) is 35.8. The molecule has 4 fully saturated rings. The highest BCUT2D eigenvalue weighted by atomic mass is 14.5. The van der Waals surface area contributed by atoms with E-state index in [0.29, 0.717) is 11.8 Å². The molecule has 4 atom stereocenters. The minimum Gasteiger partial charge on any atom is -0.0701 e. The van der Waals surface area contributed by atoms with Crippen LogP contribution in [0.4, 0.5) is 0 Å². The van der Waals surface area contributed by atoms with Gasteiger partial charge in [-0.15, -0.1) is 0 Å². The summed E-state index contributed by atoms with van der Waals surface area (Å²) in [5.41, 5.74) is 12.1. The lowest BCUT2D eigenvalue weighted by Gasteiger charge is -2.23. The second kappa shape index (κ2) is 14.8. The SMILES string of the molecule is c1ccc2c(CC3CC3C(CCC(=C3CC3)C3CC3C(Cc3c4ccccc4cc4ccccc34)Cc3c4ccccc4cc4ccccc34)=C3CC3)c3ccccc3cc2c1. The normalized spacial score (nSPS) is 20.3. The Morgan fingerprint density at radius 1 is 0.387 bits per heavy atom. The Morgan fingerprint density at radius 2 is 0.726 bits per heavy atom. The van der Waals surface area contributed by atoms with Crippen molar-refractivity contribution >= 4 is 64.6 Å². The van der Waals surface area contributed by atoms with Gasteiger partial charge in [-0.3, -0.25) is 0 Å². The monoisotopic (exact) mass is 798 g/mol. The molecule has 0 bridgehead atoms. The van der Waals surface area contributed by atoms with Crippen LogP contribution in [0.25, 0.3) is 64.6 Å². The Bertz CT molecular complexity index is 3020. The molecule has 4 saturated carbocycles. The summed E-state index contributed by atoms with van der Waals surface area (Å²) in [7, 11) is 0. The Morgan fingerprint density at radius 3 is 1.10 bits per heavy atom. The lowest BCUT2D eigenvalue weighted by atomic mass is 9.81. The van der Waals surface area contributed by atoms with E-state index in [1.807, 2.05) is 22.3 Å². The fourth-order valence-corrected chi connectivity index (χ4v) is 12.5. The molecule has 4 unspecified atom stereocenters. The lowest BCUT2D eigenvalue weighted by molar-refractivity contribution is 0.442. The van der Waals surface area contributed by atoms with E-state index >= 15 is 0 Å². The predicted octanol–water partition coefficient (Wildman–Crippen LogP) is 16.5. The minimum absolute atomic E-state index is 0.558. The Balaban J connectivity index is 0.818. The Hall–Kier alpha value is -5.98. The van der Waals surface area contributed by atoms with Crippen molar-refractivity contribution in [1.29, 1.82) is 0 Å². The van der Waals surface area contributed by atoms with Gasteiger partial charge in [0.2, 0.25) is 0 Å². The van der Waals surface area contributed by atoms with Crippen molar-refractivity contribution < 1.29 is 0 Å². The molecule has 302 valence electrons. The first kappa shape index (κ1) is 36.7. The molecule has 9 aromatic rings. The van der Waals surface area contributed by atoms with E-state index in [1.54, 1.807) is 16.7 Å². The third kappa shape index (κ3) is 6.66. The molecule has 0 spiro atoms. The summed E-state index contributed by atoms with van der Waals surface area (Å²) in [6, 6.07) is 62.2. The van der Waals surface area contributed by atoms with Crippen LogP contribution < -0.4 is 0 Å². The summed E-state index contributed by atoms with van der Waals surface area (Å²) in [6.07, 6.45) is 14.1. The molecular formula is C62H54. The van der Waals surface area contributed by atoms with Gasteiger partial charge >= 0.3 is 0 Å². The van der Waals surface area contributed by atoms with Crippen LogP contribution in [0.3, 0.4) is 0 Å². The smallest absolute Gasteiger partial charge is 0.0145 e. The highest BCUT2D eigenvalue weighted by Gasteiger charge is 2.47. The molecule has 0 aliphatic heterocycles. The van der Waals surface area contributed by atoms with Gasteiger partial charge in [0, 0.05) is 0 Å². The third-order valence-electron chi connectivity index (χ3n) is 15.9. The van der Waals surface area contributed by atoms with Crippen LogP contribution in [0.2, 0.25) is 0 Å². The van der Waals surface area contributed by atoms with Crippen LogP contribution >= 0.6 is 0 Å². The number of allylic oxidation sites excluding steroid dienone is 4. The van der Waals surface area contributed by atoms with Crippen LogP contribution in [0, 0.1) is 29.6 Å². The van der Waals surface area contributed by atoms with Gasteiger partial charge in [0.25, 0.3) is 0 Å². The summed E-state index contributed by atoms with van der Waals surface area (Å²) in [5.74, 6) is 3.54. The van der Waals surface area contributed by atoms with Gasteiger partial charge in [-0.2, -0.15) is 0 Å². The predicted molar refractivity (Wildman–Crippen MR) is 264 cm³/mol. The molecule has 0 saturated heterocycles. The van der Waals surface area contributed by atoms with E-state index in [-0.39, 0.29) is 0 Å². The number of hydrogen-bond acceptors (Lipinski definition) is 0. The number of benzene rings is 9. The first-order chi connectivity index (χ1) is 30.7. The van der Waals surface area contributed by atoms with Gasteiger partial charge in [-0.1, -0.05) is 168 Å². The molecule has 13 rings (SSSR count). The summed E-state index contributed by atoms with van der Waals surface area (Å²) < 4.78 is 0. The Kier molecular flexibility index (Phi) is 8.77. The average molecular weight is 799 g/mol. The zero-order valence-corrected chi connectivity index (χ0v) is 35.8. The maximum absolute atomic E-state index is 2.41. The van der Waals surface area contributed by atoms with Gasteiger partial charge in [0.15, 0.2) is 0 Å². The molecule has 4 aliphatic rings. The average Bonchev–Trinajstić information content (AvgIpc) is 4.08. The van der Waals surface area contributed by atoms with Gasteiger partial charge in [-0.25, -0.2) is 0 Å². The first-order valence-corrected chi connectivity index (χ1v) is 23.8. The van der Waals surface area contributed by atoms with Gasteiger partial charge < -0.3 is 0 Å². The van der Waals surface area contributed by atoms with Crippen molar-refractivity contribution in [3.8, 4) is 0 Å². The van der Waals surface area contributed by atoms with Crippen molar-refractivity contribution in [2.45, 2.75) is 70.6 Å². The molecule has 0 radical (unpaired) electrons. The minimum atomic E-state index is 0.558. The van der Waals surface area contributed by atoms with E-state index in [2.05, 4.69) is 164 Å². The topological polar surface area (TPSA) is 0 Å². The lowest BCUT2D eigenvalue weighted by Crippen LogP contribution is -2.14. The standard InChI is InChI=1S/C62H54/c1-7-19-49-41(13-1)31-42-14-2-8-20-50(42)59(49)35-47-34-57(47)55(39-25-26-39)29-30-56(40-27-28-40)62-38-58(62)48(36-60-51-21-9-3-15-43(51)32-44-16-4-10-22-52(44)60)37-61-53-23-11-5-17-45(53)33-46-18-6-12-24-54(46)61/h1-24,31-33,47-48,57-58,62H,25-30,34-38H2. The molecule has 0 aromatic heterocycles. The molecule has 0 N–H and O–H groups in total. The molecule has 0 amide bonds. The maximum Gasteiger partial charge on any atom is -0.0145 e. The quantitative estimate of drug-likeness (QED) is 0.0853. The molecule has 0 heteroatoms. The van der Waals surface area contributed by atoms with Crippen molar-refractivity contribution in [1.82, 2.24) is 0 Å². The molecule has 62 heavy (non-hydrogen) atoms. The van der Waals surface area contributed by atoms with Crippen LogP contribution in [-0.2, 0) is 19.3 Å². The van der Waals surface area contributed by atoms with E-state index in [4.69, 9.17) is 0 Å². The van der Waals surface area contributed by atoms with Crippen LogP contribution in [-0.4, -0.2) is 0 Å².